The van der Waals surface area contributed by atoms with Gasteiger partial charge in [-0.2, -0.15) is 5.10 Å². The standard InChI is InChI=1S/C16H20ClN3/c1-2-20-11-13(9-18-20)10-19-7-6-15(12-19)14-4-3-5-16(17)8-14/h3-5,8-9,11,15H,2,6-7,10,12H2,1H3. The molecule has 4 heteroatoms. The van der Waals surface area contributed by atoms with Crippen molar-refractivity contribution >= 4 is 11.6 Å². The van der Waals surface area contributed by atoms with Gasteiger partial charge in [-0.3, -0.25) is 9.58 Å². The minimum Gasteiger partial charge on any atom is -0.298 e. The molecule has 2 aromatic rings. The summed E-state index contributed by atoms with van der Waals surface area (Å²) in [5.41, 5.74) is 2.67. The summed E-state index contributed by atoms with van der Waals surface area (Å²) in [6.45, 7) is 6.30. The van der Waals surface area contributed by atoms with Gasteiger partial charge in [-0.1, -0.05) is 23.7 Å². The van der Waals surface area contributed by atoms with E-state index in [0.29, 0.717) is 5.92 Å². The topological polar surface area (TPSA) is 21.1 Å². The number of rotatable bonds is 4. The Morgan fingerprint density at radius 2 is 2.30 bits per heavy atom. The predicted molar refractivity (Wildman–Crippen MR) is 82.0 cm³/mol. The van der Waals surface area contributed by atoms with Crippen LogP contribution in [0.4, 0.5) is 0 Å². The molecule has 0 saturated carbocycles. The third-order valence-corrected chi connectivity index (χ3v) is 4.24. The lowest BCUT2D eigenvalue weighted by Gasteiger charge is -2.15. The molecule has 2 heterocycles. The zero-order valence-corrected chi connectivity index (χ0v) is 12.6. The highest BCUT2D eigenvalue weighted by Crippen LogP contribution is 2.29. The second kappa shape index (κ2) is 5.98. The summed E-state index contributed by atoms with van der Waals surface area (Å²) in [6, 6.07) is 8.28. The molecule has 20 heavy (non-hydrogen) atoms. The van der Waals surface area contributed by atoms with Crippen molar-refractivity contribution in [1.82, 2.24) is 14.7 Å². The maximum atomic E-state index is 6.08. The summed E-state index contributed by atoms with van der Waals surface area (Å²) in [5, 5.41) is 5.18. The fourth-order valence-electron chi connectivity index (χ4n) is 2.93. The Morgan fingerprint density at radius 1 is 1.40 bits per heavy atom. The first-order chi connectivity index (χ1) is 9.74. The number of likely N-dealkylation sites (tertiary alicyclic amines) is 1. The van der Waals surface area contributed by atoms with E-state index in [-0.39, 0.29) is 0 Å². The van der Waals surface area contributed by atoms with Crippen LogP contribution in [-0.2, 0) is 13.1 Å². The zero-order chi connectivity index (χ0) is 13.9. The number of aryl methyl sites for hydroxylation is 1. The highest BCUT2D eigenvalue weighted by molar-refractivity contribution is 6.30. The van der Waals surface area contributed by atoms with E-state index in [1.165, 1.54) is 17.5 Å². The van der Waals surface area contributed by atoms with Gasteiger partial charge in [-0.25, -0.2) is 0 Å². The third kappa shape index (κ3) is 3.05. The minimum absolute atomic E-state index is 0.606. The summed E-state index contributed by atoms with van der Waals surface area (Å²) in [7, 11) is 0. The van der Waals surface area contributed by atoms with Gasteiger partial charge in [0.05, 0.1) is 6.20 Å². The molecule has 1 aromatic carbocycles. The van der Waals surface area contributed by atoms with Crippen molar-refractivity contribution in [2.75, 3.05) is 13.1 Å². The predicted octanol–water partition coefficient (Wildman–Crippen LogP) is 3.55. The quantitative estimate of drug-likeness (QED) is 0.858. The molecule has 1 aromatic heterocycles. The number of hydrogen-bond donors (Lipinski definition) is 0. The molecule has 1 aliphatic rings. The van der Waals surface area contributed by atoms with E-state index in [1.54, 1.807) is 0 Å². The highest BCUT2D eigenvalue weighted by Gasteiger charge is 2.24. The van der Waals surface area contributed by atoms with Crippen LogP contribution in [0.15, 0.2) is 36.7 Å². The number of hydrogen-bond acceptors (Lipinski definition) is 2. The third-order valence-electron chi connectivity index (χ3n) is 4.01. The molecule has 1 saturated heterocycles. The lowest BCUT2D eigenvalue weighted by molar-refractivity contribution is 0.326. The van der Waals surface area contributed by atoms with Crippen LogP contribution in [-0.4, -0.2) is 27.8 Å². The molecule has 0 amide bonds. The van der Waals surface area contributed by atoms with Crippen LogP contribution in [0.2, 0.25) is 5.02 Å². The first kappa shape index (κ1) is 13.7. The molecule has 0 radical (unpaired) electrons. The molecule has 1 atom stereocenters. The van der Waals surface area contributed by atoms with E-state index >= 15 is 0 Å². The normalized spacial score (nSPS) is 19.6. The van der Waals surface area contributed by atoms with Gasteiger partial charge >= 0.3 is 0 Å². The molecule has 1 aliphatic heterocycles. The Kier molecular flexibility index (Phi) is 4.08. The Balaban J connectivity index is 1.62. The Bertz CT molecular complexity index is 579. The number of halogens is 1. The fraction of sp³-hybridized carbons (Fsp3) is 0.438. The van der Waals surface area contributed by atoms with Gasteiger partial charge in [0.15, 0.2) is 0 Å². The van der Waals surface area contributed by atoms with Crippen LogP contribution in [0, 0.1) is 0 Å². The maximum Gasteiger partial charge on any atom is 0.0534 e. The van der Waals surface area contributed by atoms with Gasteiger partial charge in [-0.05, 0) is 43.5 Å². The van der Waals surface area contributed by atoms with Gasteiger partial charge < -0.3 is 0 Å². The summed E-state index contributed by atoms with van der Waals surface area (Å²) in [5.74, 6) is 0.606. The van der Waals surface area contributed by atoms with E-state index in [4.69, 9.17) is 11.6 Å². The fourth-order valence-corrected chi connectivity index (χ4v) is 3.13. The molecule has 0 aliphatic carbocycles. The van der Waals surface area contributed by atoms with E-state index < -0.39 is 0 Å². The van der Waals surface area contributed by atoms with Gasteiger partial charge in [0, 0.05) is 36.4 Å². The molecule has 3 rings (SSSR count). The second-order valence-corrected chi connectivity index (χ2v) is 5.92. The number of benzene rings is 1. The van der Waals surface area contributed by atoms with Gasteiger partial charge in [-0.15, -0.1) is 0 Å². The molecule has 0 bridgehead atoms. The molecular formula is C16H20ClN3. The average Bonchev–Trinajstić information content (AvgIpc) is 3.08. The first-order valence-electron chi connectivity index (χ1n) is 7.23. The summed E-state index contributed by atoms with van der Waals surface area (Å²) in [4.78, 5) is 2.50. The van der Waals surface area contributed by atoms with Crippen molar-refractivity contribution in [2.45, 2.75) is 32.4 Å². The monoisotopic (exact) mass is 289 g/mol. The van der Waals surface area contributed by atoms with Crippen LogP contribution in [0.5, 0.6) is 0 Å². The summed E-state index contributed by atoms with van der Waals surface area (Å²) in [6.07, 6.45) is 5.34. The van der Waals surface area contributed by atoms with Crippen molar-refractivity contribution in [1.29, 1.82) is 0 Å². The Morgan fingerprint density at radius 3 is 3.05 bits per heavy atom. The van der Waals surface area contributed by atoms with Gasteiger partial charge in [0.25, 0.3) is 0 Å². The lowest BCUT2D eigenvalue weighted by atomic mass is 9.99. The van der Waals surface area contributed by atoms with Crippen molar-refractivity contribution in [3.63, 3.8) is 0 Å². The summed E-state index contributed by atoms with van der Waals surface area (Å²) >= 11 is 6.08. The van der Waals surface area contributed by atoms with Crippen LogP contribution in [0.25, 0.3) is 0 Å². The molecule has 1 unspecified atom stereocenters. The lowest BCUT2D eigenvalue weighted by Crippen LogP contribution is -2.19. The Labute approximate surface area is 125 Å². The zero-order valence-electron chi connectivity index (χ0n) is 11.8. The SMILES string of the molecule is CCn1cc(CN2CCC(c3cccc(Cl)c3)C2)cn1. The molecule has 106 valence electrons. The molecule has 0 spiro atoms. The minimum atomic E-state index is 0.606. The van der Waals surface area contributed by atoms with Crippen LogP contribution < -0.4 is 0 Å². The van der Waals surface area contributed by atoms with Gasteiger partial charge in [0.1, 0.15) is 0 Å². The van der Waals surface area contributed by atoms with Crippen LogP contribution >= 0.6 is 11.6 Å². The largest absolute Gasteiger partial charge is 0.298 e. The second-order valence-electron chi connectivity index (χ2n) is 5.48. The molecule has 3 nitrogen and oxygen atoms in total. The maximum absolute atomic E-state index is 6.08. The first-order valence-corrected chi connectivity index (χ1v) is 7.61. The summed E-state index contributed by atoms with van der Waals surface area (Å²) < 4.78 is 1.99. The molecule has 0 N–H and O–H groups in total. The molecule has 1 fully saturated rings. The highest BCUT2D eigenvalue weighted by atomic mass is 35.5. The van der Waals surface area contributed by atoms with Crippen molar-refractivity contribution in [3.05, 3.63) is 52.8 Å². The van der Waals surface area contributed by atoms with E-state index in [2.05, 4.69) is 35.3 Å². The van der Waals surface area contributed by atoms with E-state index in [1.807, 2.05) is 23.0 Å². The van der Waals surface area contributed by atoms with E-state index in [0.717, 1.165) is 31.2 Å². The Hall–Kier alpha value is -1.32. The van der Waals surface area contributed by atoms with Gasteiger partial charge in [0.2, 0.25) is 0 Å². The smallest absolute Gasteiger partial charge is 0.0534 e. The van der Waals surface area contributed by atoms with Crippen LogP contribution in [0.3, 0.4) is 0 Å². The van der Waals surface area contributed by atoms with Crippen molar-refractivity contribution < 1.29 is 0 Å². The van der Waals surface area contributed by atoms with Crippen LogP contribution in [0.1, 0.15) is 30.4 Å². The number of nitrogens with zero attached hydrogens (tertiary/aromatic N) is 3. The van der Waals surface area contributed by atoms with Crippen molar-refractivity contribution in [2.24, 2.45) is 0 Å². The molecular weight excluding hydrogens is 270 g/mol. The number of aromatic nitrogens is 2. The average molecular weight is 290 g/mol. The van der Waals surface area contributed by atoms with Crippen molar-refractivity contribution in [3.8, 4) is 0 Å². The van der Waals surface area contributed by atoms with E-state index in [9.17, 15) is 0 Å².